The molecule has 1 aliphatic heterocycles. The monoisotopic (exact) mass is 416 g/mol. The maximum atomic E-state index is 10.8. The van der Waals surface area contributed by atoms with Crippen LogP contribution in [0, 0.1) is 6.92 Å². The number of phenolic OH excluding ortho intramolecular Hbond substituents is 1. The Kier molecular flexibility index (Phi) is 4.78. The van der Waals surface area contributed by atoms with Gasteiger partial charge in [-0.25, -0.2) is 9.97 Å². The van der Waals surface area contributed by atoms with Gasteiger partial charge in [-0.2, -0.15) is 5.10 Å². The van der Waals surface area contributed by atoms with Gasteiger partial charge in [0.1, 0.15) is 11.6 Å². The molecule has 1 aromatic carbocycles. The van der Waals surface area contributed by atoms with Gasteiger partial charge in [0.05, 0.1) is 22.2 Å². The summed E-state index contributed by atoms with van der Waals surface area (Å²) in [5, 5.41) is 19.8. The molecule has 4 aromatic rings. The van der Waals surface area contributed by atoms with Crippen molar-refractivity contribution in [2.45, 2.75) is 39.3 Å². The first-order valence-electron chi connectivity index (χ1n) is 10.8. The van der Waals surface area contributed by atoms with Crippen LogP contribution in [0.4, 0.5) is 5.82 Å². The van der Waals surface area contributed by atoms with E-state index in [2.05, 4.69) is 29.2 Å². The van der Waals surface area contributed by atoms with E-state index in [1.807, 2.05) is 50.5 Å². The second kappa shape index (κ2) is 7.50. The zero-order valence-corrected chi connectivity index (χ0v) is 18.4. The topological polar surface area (TPSA) is 79.1 Å². The van der Waals surface area contributed by atoms with E-state index >= 15 is 0 Å². The number of hydrogen-bond acceptors (Lipinski definition) is 6. The van der Waals surface area contributed by atoms with Crippen LogP contribution in [-0.4, -0.2) is 50.0 Å². The summed E-state index contributed by atoms with van der Waals surface area (Å²) in [5.41, 5.74) is 4.71. The lowest BCUT2D eigenvalue weighted by Crippen LogP contribution is -2.37. The summed E-state index contributed by atoms with van der Waals surface area (Å²) in [4.78, 5) is 12.0. The number of anilines is 1. The summed E-state index contributed by atoms with van der Waals surface area (Å²) in [6.07, 6.45) is 3.09. The van der Waals surface area contributed by atoms with Gasteiger partial charge >= 0.3 is 0 Å². The second-order valence-corrected chi connectivity index (χ2v) is 8.80. The van der Waals surface area contributed by atoms with Crippen molar-refractivity contribution >= 4 is 27.8 Å². The van der Waals surface area contributed by atoms with E-state index in [1.54, 1.807) is 4.68 Å². The van der Waals surface area contributed by atoms with Crippen LogP contribution in [0.25, 0.3) is 33.2 Å². The van der Waals surface area contributed by atoms with Crippen LogP contribution < -0.4 is 10.2 Å². The first-order chi connectivity index (χ1) is 14.9. The molecule has 0 amide bonds. The third-order valence-corrected chi connectivity index (χ3v) is 6.01. The number of nitrogens with zero attached hydrogens (tertiary/aromatic N) is 5. The molecule has 2 N–H and O–H groups in total. The van der Waals surface area contributed by atoms with Crippen LogP contribution >= 0.6 is 0 Å². The Labute approximate surface area is 181 Å². The number of hydrogen-bond donors (Lipinski definition) is 2. The maximum Gasteiger partial charge on any atom is 0.130 e. The van der Waals surface area contributed by atoms with Gasteiger partial charge in [-0.1, -0.05) is 13.8 Å². The highest BCUT2D eigenvalue weighted by Gasteiger charge is 2.24. The molecular formula is C24H28N6O. The van der Waals surface area contributed by atoms with E-state index in [1.165, 1.54) is 0 Å². The summed E-state index contributed by atoms with van der Waals surface area (Å²) < 4.78 is 1.76. The highest BCUT2D eigenvalue weighted by atomic mass is 16.3. The zero-order chi connectivity index (χ0) is 21.7. The third-order valence-electron chi connectivity index (χ3n) is 6.01. The number of aromatic nitrogens is 4. The molecule has 7 heteroatoms. The summed E-state index contributed by atoms with van der Waals surface area (Å²) in [6, 6.07) is 10.9. The second-order valence-electron chi connectivity index (χ2n) is 8.80. The Morgan fingerprint density at radius 3 is 2.71 bits per heavy atom. The normalized spacial score (nSPS) is 16.8. The molecule has 3 aromatic heterocycles. The van der Waals surface area contributed by atoms with Gasteiger partial charge in [0.2, 0.25) is 0 Å². The fourth-order valence-corrected chi connectivity index (χ4v) is 4.54. The molecule has 1 saturated heterocycles. The van der Waals surface area contributed by atoms with E-state index in [0.717, 1.165) is 58.5 Å². The van der Waals surface area contributed by atoms with E-state index < -0.39 is 0 Å². The Hall–Kier alpha value is -3.19. The summed E-state index contributed by atoms with van der Waals surface area (Å²) in [6.45, 7) is 8.24. The average Bonchev–Trinajstić information content (AvgIpc) is 3.35. The molecule has 0 bridgehead atoms. The molecule has 0 radical (unpaired) electrons. The molecule has 1 atom stereocenters. The first-order valence-corrected chi connectivity index (χ1v) is 10.8. The van der Waals surface area contributed by atoms with Crippen molar-refractivity contribution in [3.8, 4) is 17.0 Å². The van der Waals surface area contributed by atoms with Crippen molar-refractivity contribution in [3.63, 3.8) is 0 Å². The standard InChI is InChI=1S/C24H28N6O/c1-14(2)25-17-9-10-30(13-17)22-8-7-20-21(27-22)6-5-19(26-20)18-11-16-12-29(4)28-23(16)15(3)24(18)31/h5-8,11-12,14,17,25,31H,9-10,13H2,1-4H3. The number of nitrogens with one attached hydrogen (secondary N) is 1. The van der Waals surface area contributed by atoms with Gasteiger partial charge in [-0.15, -0.1) is 0 Å². The number of aromatic hydroxyl groups is 1. The predicted molar refractivity (Wildman–Crippen MR) is 125 cm³/mol. The predicted octanol–water partition coefficient (Wildman–Crippen LogP) is 3.77. The van der Waals surface area contributed by atoms with Gasteiger partial charge in [0.25, 0.3) is 0 Å². The highest BCUT2D eigenvalue weighted by Crippen LogP contribution is 2.36. The highest BCUT2D eigenvalue weighted by molar-refractivity contribution is 5.91. The van der Waals surface area contributed by atoms with E-state index in [0.29, 0.717) is 17.6 Å². The third kappa shape index (κ3) is 3.59. The van der Waals surface area contributed by atoms with Gasteiger partial charge in [-0.3, -0.25) is 4.68 Å². The quantitative estimate of drug-likeness (QED) is 0.527. The van der Waals surface area contributed by atoms with E-state index in [4.69, 9.17) is 9.97 Å². The van der Waals surface area contributed by atoms with Crippen LogP contribution in [-0.2, 0) is 7.05 Å². The molecule has 4 heterocycles. The Balaban J connectivity index is 1.47. The Morgan fingerprint density at radius 2 is 1.90 bits per heavy atom. The fourth-order valence-electron chi connectivity index (χ4n) is 4.54. The van der Waals surface area contributed by atoms with E-state index in [-0.39, 0.29) is 5.75 Å². The maximum absolute atomic E-state index is 10.8. The molecule has 1 aliphatic rings. The van der Waals surface area contributed by atoms with Crippen LogP contribution in [0.2, 0.25) is 0 Å². The lowest BCUT2D eigenvalue weighted by molar-refractivity contribution is 0.474. The molecule has 160 valence electrons. The number of benzene rings is 1. The zero-order valence-electron chi connectivity index (χ0n) is 18.4. The minimum atomic E-state index is 0.225. The Bertz CT molecular complexity index is 1280. The number of pyridine rings is 2. The van der Waals surface area contributed by atoms with Crippen LogP contribution in [0.1, 0.15) is 25.8 Å². The van der Waals surface area contributed by atoms with Crippen LogP contribution in [0.15, 0.2) is 36.5 Å². The summed E-state index contributed by atoms with van der Waals surface area (Å²) in [5.74, 6) is 1.22. The van der Waals surface area contributed by atoms with Crippen molar-refractivity contribution in [2.75, 3.05) is 18.0 Å². The van der Waals surface area contributed by atoms with Gasteiger partial charge in [0, 0.05) is 54.9 Å². The number of rotatable bonds is 4. The molecule has 5 rings (SSSR count). The number of fused-ring (bicyclic) bond motifs is 2. The van der Waals surface area contributed by atoms with Crippen molar-refractivity contribution < 1.29 is 5.11 Å². The molecule has 0 spiro atoms. The molecule has 7 nitrogen and oxygen atoms in total. The Morgan fingerprint density at radius 1 is 1.13 bits per heavy atom. The van der Waals surface area contributed by atoms with Gasteiger partial charge in [-0.05, 0) is 43.7 Å². The van der Waals surface area contributed by atoms with Crippen molar-refractivity contribution in [1.82, 2.24) is 25.1 Å². The fraction of sp³-hybridized carbons (Fsp3) is 0.375. The van der Waals surface area contributed by atoms with Gasteiger partial charge < -0.3 is 15.3 Å². The SMILES string of the molecule is Cc1c(O)c(-c2ccc3nc(N4CCC(NC(C)C)C4)ccc3n2)cc2cn(C)nc12. The molecule has 31 heavy (non-hydrogen) atoms. The molecule has 0 saturated carbocycles. The minimum absolute atomic E-state index is 0.225. The van der Waals surface area contributed by atoms with Crippen molar-refractivity contribution in [3.05, 3.63) is 42.1 Å². The average molecular weight is 417 g/mol. The summed E-state index contributed by atoms with van der Waals surface area (Å²) in [7, 11) is 1.88. The number of phenols is 1. The molecular weight excluding hydrogens is 388 g/mol. The van der Waals surface area contributed by atoms with Crippen LogP contribution in [0.3, 0.4) is 0 Å². The van der Waals surface area contributed by atoms with E-state index in [9.17, 15) is 5.11 Å². The van der Waals surface area contributed by atoms with Crippen molar-refractivity contribution in [1.29, 1.82) is 0 Å². The molecule has 1 unspecified atom stereocenters. The number of aryl methyl sites for hydroxylation is 2. The molecule has 0 aliphatic carbocycles. The lowest BCUT2D eigenvalue weighted by atomic mass is 10.0. The van der Waals surface area contributed by atoms with Crippen LogP contribution in [0.5, 0.6) is 5.75 Å². The molecule has 1 fully saturated rings. The van der Waals surface area contributed by atoms with Gasteiger partial charge in [0.15, 0.2) is 0 Å². The first kappa shape index (κ1) is 19.8. The smallest absolute Gasteiger partial charge is 0.130 e. The minimum Gasteiger partial charge on any atom is -0.507 e. The lowest BCUT2D eigenvalue weighted by Gasteiger charge is -2.19. The van der Waals surface area contributed by atoms with Crippen molar-refractivity contribution in [2.24, 2.45) is 7.05 Å². The summed E-state index contributed by atoms with van der Waals surface area (Å²) >= 11 is 0. The largest absolute Gasteiger partial charge is 0.507 e.